The zero-order chi connectivity index (χ0) is 14.7. The highest BCUT2D eigenvalue weighted by Gasteiger charge is 2.31. The van der Waals surface area contributed by atoms with Gasteiger partial charge in [-0.05, 0) is 18.2 Å². The van der Waals surface area contributed by atoms with Gasteiger partial charge in [-0.3, -0.25) is 4.74 Å². The Bertz CT molecular complexity index is 431. The van der Waals surface area contributed by atoms with Gasteiger partial charge in [0.05, 0.1) is 22.9 Å². The van der Waals surface area contributed by atoms with Crippen LogP contribution in [0.2, 0.25) is 5.02 Å². The molecule has 0 aliphatic rings. The fraction of sp³-hybridized carbons (Fsp3) is 0.400. The van der Waals surface area contributed by atoms with Gasteiger partial charge in [-0.1, -0.05) is 11.6 Å². The largest absolute Gasteiger partial charge is 0.522 e. The number of alkyl halides is 6. The Morgan fingerprint density at radius 3 is 2.26 bits per heavy atom. The molecule has 0 heterocycles. The molecule has 0 unspecified atom stereocenters. The fourth-order valence-electron chi connectivity index (χ4n) is 1.19. The van der Waals surface area contributed by atoms with Crippen LogP contribution in [-0.4, -0.2) is 19.5 Å². The molecule has 0 aliphatic carbocycles. The SMILES string of the molecule is FC(F)(F)OCCNc1cc(C(F)(F)F)ccc1Cl. The molecule has 1 N–H and O–H groups in total. The maximum Gasteiger partial charge on any atom is 0.522 e. The molecule has 0 radical (unpaired) electrons. The van der Waals surface area contributed by atoms with Crippen molar-refractivity contribution in [3.63, 3.8) is 0 Å². The number of anilines is 1. The van der Waals surface area contributed by atoms with Gasteiger partial charge in [0.15, 0.2) is 0 Å². The third-order valence-corrected chi connectivity index (χ3v) is 2.31. The third kappa shape index (κ3) is 5.56. The number of halogens is 7. The van der Waals surface area contributed by atoms with Crippen molar-refractivity contribution in [2.45, 2.75) is 12.5 Å². The smallest absolute Gasteiger partial charge is 0.382 e. The Kier molecular flexibility index (Phi) is 4.92. The molecule has 2 nitrogen and oxygen atoms in total. The minimum atomic E-state index is -4.78. The molecular formula is C10H8ClF6NO. The van der Waals surface area contributed by atoms with Gasteiger partial charge in [0, 0.05) is 6.54 Å². The number of benzene rings is 1. The Hall–Kier alpha value is -1.15. The molecule has 19 heavy (non-hydrogen) atoms. The Morgan fingerprint density at radius 1 is 1.11 bits per heavy atom. The lowest BCUT2D eigenvalue weighted by Gasteiger charge is -2.13. The lowest BCUT2D eigenvalue weighted by atomic mass is 10.2. The Morgan fingerprint density at radius 2 is 1.74 bits per heavy atom. The lowest BCUT2D eigenvalue weighted by molar-refractivity contribution is -0.322. The summed E-state index contributed by atoms with van der Waals surface area (Å²) in [5.41, 5.74) is -1.06. The van der Waals surface area contributed by atoms with Crippen LogP contribution in [0.5, 0.6) is 0 Å². The molecule has 108 valence electrons. The summed E-state index contributed by atoms with van der Waals surface area (Å²) in [6.45, 7) is -1.07. The van der Waals surface area contributed by atoms with Crippen LogP contribution in [0.1, 0.15) is 5.56 Å². The van der Waals surface area contributed by atoms with E-state index in [4.69, 9.17) is 11.6 Å². The summed E-state index contributed by atoms with van der Waals surface area (Å²) < 4.78 is 75.6. The fourth-order valence-corrected chi connectivity index (χ4v) is 1.37. The van der Waals surface area contributed by atoms with E-state index in [2.05, 4.69) is 10.1 Å². The van der Waals surface area contributed by atoms with Crippen LogP contribution in [0.3, 0.4) is 0 Å². The maximum absolute atomic E-state index is 12.4. The molecule has 0 saturated heterocycles. The lowest BCUT2D eigenvalue weighted by Crippen LogP contribution is -2.19. The first-order chi connectivity index (χ1) is 8.59. The first-order valence-corrected chi connectivity index (χ1v) is 5.29. The standard InChI is InChI=1S/C10H8ClF6NO/c11-7-2-1-6(9(12,13)14)5-8(7)18-3-4-19-10(15,16)17/h1-2,5,18H,3-4H2. The highest BCUT2D eigenvalue weighted by atomic mass is 35.5. The molecule has 0 spiro atoms. The van der Waals surface area contributed by atoms with Crippen molar-refractivity contribution >= 4 is 17.3 Å². The molecule has 0 atom stereocenters. The van der Waals surface area contributed by atoms with Gasteiger partial charge >= 0.3 is 12.5 Å². The van der Waals surface area contributed by atoms with Crippen molar-refractivity contribution < 1.29 is 31.1 Å². The van der Waals surface area contributed by atoms with Crippen molar-refractivity contribution in [1.82, 2.24) is 0 Å². The first-order valence-electron chi connectivity index (χ1n) is 4.91. The van der Waals surface area contributed by atoms with Crippen molar-refractivity contribution in [3.05, 3.63) is 28.8 Å². The van der Waals surface area contributed by atoms with Crippen LogP contribution >= 0.6 is 11.6 Å². The predicted molar refractivity (Wildman–Crippen MR) is 57.0 cm³/mol. The van der Waals surface area contributed by atoms with Gasteiger partial charge in [0.25, 0.3) is 0 Å². The zero-order valence-electron chi connectivity index (χ0n) is 9.20. The molecule has 1 aromatic rings. The molecule has 0 amide bonds. The van der Waals surface area contributed by atoms with Crippen LogP contribution in [0, 0.1) is 0 Å². The minimum absolute atomic E-state index is 0.0278. The number of hydrogen-bond acceptors (Lipinski definition) is 2. The van der Waals surface area contributed by atoms with Crippen LogP contribution in [-0.2, 0) is 10.9 Å². The summed E-state index contributed by atoms with van der Waals surface area (Å²) in [7, 11) is 0. The van der Waals surface area contributed by atoms with Crippen LogP contribution < -0.4 is 5.32 Å². The number of ether oxygens (including phenoxy) is 1. The summed E-state index contributed by atoms with van der Waals surface area (Å²) in [6.07, 6.45) is -9.33. The van der Waals surface area contributed by atoms with Crippen molar-refractivity contribution in [2.75, 3.05) is 18.5 Å². The summed E-state index contributed by atoms with van der Waals surface area (Å²) in [5.74, 6) is 0. The number of hydrogen-bond donors (Lipinski definition) is 1. The van der Waals surface area contributed by atoms with Gasteiger partial charge in [-0.25, -0.2) is 0 Å². The van der Waals surface area contributed by atoms with Gasteiger partial charge in [0.1, 0.15) is 0 Å². The molecule has 1 rings (SSSR count). The van der Waals surface area contributed by atoms with Crippen molar-refractivity contribution in [1.29, 1.82) is 0 Å². The zero-order valence-corrected chi connectivity index (χ0v) is 9.96. The summed E-state index contributed by atoms with van der Waals surface area (Å²) in [4.78, 5) is 0. The van der Waals surface area contributed by atoms with Gasteiger partial charge in [0.2, 0.25) is 0 Å². The van der Waals surface area contributed by atoms with E-state index < -0.39 is 24.7 Å². The van der Waals surface area contributed by atoms with E-state index in [9.17, 15) is 26.3 Å². The molecular weight excluding hydrogens is 300 g/mol. The summed E-state index contributed by atoms with van der Waals surface area (Å²) >= 11 is 5.62. The number of nitrogens with one attached hydrogen (secondary N) is 1. The average molecular weight is 308 g/mol. The second-order valence-corrected chi connectivity index (χ2v) is 3.82. The van der Waals surface area contributed by atoms with E-state index >= 15 is 0 Å². The van der Waals surface area contributed by atoms with E-state index in [1.165, 1.54) is 0 Å². The topological polar surface area (TPSA) is 21.3 Å². The Balaban J connectivity index is 2.63. The monoisotopic (exact) mass is 307 g/mol. The summed E-state index contributed by atoms with van der Waals surface area (Å²) in [5, 5.41) is 2.31. The van der Waals surface area contributed by atoms with Crippen molar-refractivity contribution in [3.8, 4) is 0 Å². The second-order valence-electron chi connectivity index (χ2n) is 3.41. The minimum Gasteiger partial charge on any atom is -0.382 e. The summed E-state index contributed by atoms with van der Waals surface area (Å²) in [6, 6.07) is 2.51. The highest BCUT2D eigenvalue weighted by Crippen LogP contribution is 2.33. The molecule has 0 saturated carbocycles. The molecule has 0 aliphatic heterocycles. The third-order valence-electron chi connectivity index (χ3n) is 1.98. The maximum atomic E-state index is 12.4. The van der Waals surface area contributed by atoms with Gasteiger partial charge < -0.3 is 5.32 Å². The van der Waals surface area contributed by atoms with E-state index in [0.29, 0.717) is 0 Å². The molecule has 1 aromatic carbocycles. The highest BCUT2D eigenvalue weighted by molar-refractivity contribution is 6.33. The van der Waals surface area contributed by atoms with Crippen LogP contribution in [0.15, 0.2) is 18.2 Å². The molecule has 0 aromatic heterocycles. The van der Waals surface area contributed by atoms with Crippen LogP contribution in [0.4, 0.5) is 32.0 Å². The number of rotatable bonds is 4. The van der Waals surface area contributed by atoms with Crippen molar-refractivity contribution in [2.24, 2.45) is 0 Å². The van der Waals surface area contributed by atoms with Crippen LogP contribution in [0.25, 0.3) is 0 Å². The Labute approximate surface area is 109 Å². The molecule has 0 fully saturated rings. The first kappa shape index (κ1) is 15.9. The molecule has 9 heteroatoms. The average Bonchev–Trinajstić information content (AvgIpc) is 2.23. The quantitative estimate of drug-likeness (QED) is 0.661. The van der Waals surface area contributed by atoms with Gasteiger partial charge in [-0.2, -0.15) is 13.2 Å². The second kappa shape index (κ2) is 5.87. The van der Waals surface area contributed by atoms with Gasteiger partial charge in [-0.15, -0.1) is 13.2 Å². The molecule has 0 bridgehead atoms. The van der Waals surface area contributed by atoms with E-state index in [-0.39, 0.29) is 17.3 Å². The van der Waals surface area contributed by atoms with E-state index in [1.54, 1.807) is 0 Å². The normalized spacial score (nSPS) is 12.6. The van der Waals surface area contributed by atoms with E-state index in [0.717, 1.165) is 18.2 Å². The predicted octanol–water partition coefficient (Wildman–Crippen LogP) is 4.31. The van der Waals surface area contributed by atoms with E-state index in [1.807, 2.05) is 0 Å².